The van der Waals surface area contributed by atoms with Crippen molar-refractivity contribution in [2.24, 2.45) is 5.41 Å². The summed E-state index contributed by atoms with van der Waals surface area (Å²) in [5, 5.41) is 9.51. The number of aliphatic hydroxyl groups is 1. The van der Waals surface area contributed by atoms with E-state index in [2.05, 4.69) is 0 Å². The van der Waals surface area contributed by atoms with Gasteiger partial charge in [0.2, 0.25) is 0 Å². The second kappa shape index (κ2) is 25.2. The van der Waals surface area contributed by atoms with Crippen LogP contribution >= 0.6 is 0 Å². The number of carbonyl (C=O) groups is 1. The Balaban J connectivity index is 5.11. The zero-order valence-corrected chi connectivity index (χ0v) is 30.5. The van der Waals surface area contributed by atoms with Crippen molar-refractivity contribution in [1.82, 2.24) is 0 Å². The third-order valence-corrected chi connectivity index (χ3v) is 7.43. The predicted molar refractivity (Wildman–Crippen MR) is 173 cm³/mol. The van der Waals surface area contributed by atoms with Gasteiger partial charge in [-0.1, -0.05) is 62.3 Å². The van der Waals surface area contributed by atoms with Crippen LogP contribution in [0.4, 0.5) is 0 Å². The Bertz CT molecular complexity index is 718. The number of aliphatic hydroxyl groups excluding tert-OH is 1. The van der Waals surface area contributed by atoms with E-state index in [4.69, 9.17) is 42.6 Å². The first-order chi connectivity index (χ1) is 21.4. The number of ether oxygens (including phenoxy) is 9. The van der Waals surface area contributed by atoms with E-state index >= 15 is 0 Å². The minimum Gasteiger partial charge on any atom is -0.463 e. The molecule has 0 radical (unpaired) electrons. The maximum atomic E-state index is 12.3. The lowest BCUT2D eigenvalue weighted by molar-refractivity contribution is -0.358. The molecule has 0 saturated carbocycles. The van der Waals surface area contributed by atoms with Gasteiger partial charge in [-0.3, -0.25) is 4.79 Å². The normalized spacial score (nSPS) is 18.4. The molecule has 0 aliphatic heterocycles. The van der Waals surface area contributed by atoms with Gasteiger partial charge in [0.15, 0.2) is 44.0 Å². The lowest BCUT2D eigenvalue weighted by Crippen LogP contribution is -2.38. The van der Waals surface area contributed by atoms with Crippen molar-refractivity contribution in [1.29, 1.82) is 0 Å². The molecule has 0 aromatic heterocycles. The second-order valence-corrected chi connectivity index (χ2v) is 11.8. The van der Waals surface area contributed by atoms with Crippen LogP contribution in [-0.4, -0.2) is 80.5 Å². The van der Waals surface area contributed by atoms with Crippen LogP contribution in [-0.2, 0) is 47.4 Å². The Hall–Kier alpha value is -0.890. The van der Waals surface area contributed by atoms with E-state index in [-0.39, 0.29) is 31.4 Å². The minimum absolute atomic E-state index is 0.0606. The van der Waals surface area contributed by atoms with Gasteiger partial charge in [0.25, 0.3) is 0 Å². The van der Waals surface area contributed by atoms with Crippen LogP contribution in [0.15, 0.2) is 0 Å². The first-order valence-corrected chi connectivity index (χ1v) is 17.4. The molecule has 1 N–H and O–H groups in total. The summed E-state index contributed by atoms with van der Waals surface area (Å²) in [6.07, 6.45) is 1.04. The van der Waals surface area contributed by atoms with Gasteiger partial charge in [-0.2, -0.15) is 0 Å². The van der Waals surface area contributed by atoms with E-state index in [1.807, 2.05) is 83.1 Å². The molecular weight excluding hydrogens is 584 g/mol. The molecule has 0 saturated heterocycles. The van der Waals surface area contributed by atoms with Crippen LogP contribution < -0.4 is 0 Å². The number of hydrogen-bond donors (Lipinski definition) is 1. The average Bonchev–Trinajstić information content (AvgIpc) is 3.05. The summed E-state index contributed by atoms with van der Waals surface area (Å²) in [6.45, 7) is 23.4. The number of hydrogen-bond acceptors (Lipinski definition) is 11. The quantitative estimate of drug-likeness (QED) is 0.0642. The van der Waals surface area contributed by atoms with E-state index in [1.54, 1.807) is 0 Å². The Kier molecular flexibility index (Phi) is 24.7. The lowest BCUT2D eigenvalue weighted by Gasteiger charge is -2.32. The smallest absolute Gasteiger partial charge is 0.311 e. The predicted octanol–water partition coefficient (Wildman–Crippen LogP) is 7.41. The molecule has 45 heavy (non-hydrogen) atoms. The molecule has 0 aliphatic rings. The lowest BCUT2D eigenvalue weighted by atomic mass is 9.91. The minimum atomic E-state index is -0.579. The maximum Gasteiger partial charge on any atom is 0.311 e. The molecule has 0 spiro atoms. The summed E-state index contributed by atoms with van der Waals surface area (Å²) in [4.78, 5) is 12.3. The molecule has 0 aliphatic carbocycles. The van der Waals surface area contributed by atoms with Crippen molar-refractivity contribution in [3.8, 4) is 0 Å². The van der Waals surface area contributed by atoms with Crippen LogP contribution in [0.25, 0.3) is 0 Å². The van der Waals surface area contributed by atoms with Gasteiger partial charge in [0.1, 0.15) is 6.61 Å². The topological polar surface area (TPSA) is 120 Å². The molecular formula is C34H68O11. The molecule has 0 rings (SSSR count). The first kappa shape index (κ1) is 44.1. The van der Waals surface area contributed by atoms with Crippen LogP contribution in [0.3, 0.4) is 0 Å². The van der Waals surface area contributed by atoms with Crippen molar-refractivity contribution in [2.75, 3.05) is 13.2 Å². The molecule has 11 heteroatoms. The molecule has 0 bridgehead atoms. The monoisotopic (exact) mass is 652 g/mol. The van der Waals surface area contributed by atoms with Gasteiger partial charge in [-0.05, 0) is 78.6 Å². The van der Waals surface area contributed by atoms with E-state index < -0.39 is 49.4 Å². The van der Waals surface area contributed by atoms with Gasteiger partial charge < -0.3 is 47.7 Å². The van der Waals surface area contributed by atoms with Gasteiger partial charge in [0.05, 0.1) is 24.2 Å². The van der Waals surface area contributed by atoms with Crippen molar-refractivity contribution in [3.05, 3.63) is 0 Å². The first-order valence-electron chi connectivity index (χ1n) is 17.4. The SMILES string of the molecule is CCC(CO)OC(CC)OC(CC)OC(CC)OC(CC)OC(CC)OC(CC)OC(CC)OC(C)COC(=O)C(C)(C)CC. The highest BCUT2D eigenvalue weighted by molar-refractivity contribution is 5.75. The van der Waals surface area contributed by atoms with Crippen molar-refractivity contribution in [2.45, 2.75) is 197 Å². The number of carbonyl (C=O) groups excluding carboxylic acids is 1. The van der Waals surface area contributed by atoms with Crippen molar-refractivity contribution in [3.63, 3.8) is 0 Å². The summed E-state index contributed by atoms with van der Waals surface area (Å²) < 4.78 is 54.4. The van der Waals surface area contributed by atoms with Crippen LogP contribution in [0, 0.1) is 5.41 Å². The van der Waals surface area contributed by atoms with Gasteiger partial charge in [-0.25, -0.2) is 0 Å². The summed E-state index contributed by atoms with van der Waals surface area (Å²) in [5.41, 5.74) is -0.530. The average molecular weight is 653 g/mol. The highest BCUT2D eigenvalue weighted by Gasteiger charge is 2.29. The van der Waals surface area contributed by atoms with E-state index in [1.165, 1.54) is 0 Å². The third kappa shape index (κ3) is 18.3. The van der Waals surface area contributed by atoms with E-state index in [0.717, 1.165) is 0 Å². The largest absolute Gasteiger partial charge is 0.463 e. The van der Waals surface area contributed by atoms with Crippen molar-refractivity contribution < 1.29 is 52.5 Å². The summed E-state index contributed by atoms with van der Waals surface area (Å²) in [7, 11) is 0. The zero-order valence-electron chi connectivity index (χ0n) is 30.5. The maximum absolute atomic E-state index is 12.3. The van der Waals surface area contributed by atoms with Crippen molar-refractivity contribution >= 4 is 5.97 Å². The van der Waals surface area contributed by atoms with E-state index in [0.29, 0.717) is 57.8 Å². The summed E-state index contributed by atoms with van der Waals surface area (Å²) in [6, 6.07) is 0. The fourth-order valence-electron chi connectivity index (χ4n) is 3.90. The van der Waals surface area contributed by atoms with Gasteiger partial charge in [-0.15, -0.1) is 0 Å². The number of rotatable bonds is 29. The molecule has 270 valence electrons. The Labute approximate surface area is 274 Å². The van der Waals surface area contributed by atoms with Gasteiger partial charge in [0, 0.05) is 0 Å². The molecule has 0 aromatic carbocycles. The molecule has 11 nitrogen and oxygen atoms in total. The molecule has 9 atom stereocenters. The zero-order chi connectivity index (χ0) is 34.4. The van der Waals surface area contributed by atoms with Crippen LogP contribution in [0.2, 0.25) is 0 Å². The fourth-order valence-corrected chi connectivity index (χ4v) is 3.90. The second-order valence-electron chi connectivity index (χ2n) is 11.8. The van der Waals surface area contributed by atoms with Crippen LogP contribution in [0.5, 0.6) is 0 Å². The van der Waals surface area contributed by atoms with Gasteiger partial charge >= 0.3 is 5.97 Å². The number of esters is 1. The fraction of sp³-hybridized carbons (Fsp3) is 0.971. The molecule has 0 fully saturated rings. The van der Waals surface area contributed by atoms with E-state index in [9.17, 15) is 9.90 Å². The molecule has 0 heterocycles. The summed E-state index contributed by atoms with van der Waals surface area (Å²) >= 11 is 0. The molecule has 0 amide bonds. The summed E-state index contributed by atoms with van der Waals surface area (Å²) in [5.74, 6) is -0.240. The van der Waals surface area contributed by atoms with Crippen LogP contribution in [0.1, 0.15) is 141 Å². The molecule has 9 unspecified atom stereocenters. The standard InChI is InChI=1S/C34H68O11/c1-13-25(22-35)39-27(15-3)41-29(17-5)43-31(19-7)45-32(20-8)44-30(18-6)42-28(16-4)40-26(14-2)38-24(10)23-37-33(36)34(11,12)21-9/h24-32,35H,13-23H2,1-12H3. The third-order valence-electron chi connectivity index (χ3n) is 7.43. The highest BCUT2D eigenvalue weighted by atomic mass is 16.9. The Morgan fingerprint density at radius 1 is 0.533 bits per heavy atom. The molecule has 0 aromatic rings. The Morgan fingerprint density at radius 2 is 0.844 bits per heavy atom. The Morgan fingerprint density at radius 3 is 1.11 bits per heavy atom. The highest BCUT2D eigenvalue weighted by Crippen LogP contribution is 2.23.